The molecule has 2 N–H and O–H groups in total. The van der Waals surface area contributed by atoms with Crippen LogP contribution in [-0.2, 0) is 16.0 Å². The molecule has 25 heavy (non-hydrogen) atoms. The van der Waals surface area contributed by atoms with Crippen LogP contribution in [0, 0.1) is 17.8 Å². The van der Waals surface area contributed by atoms with Gasteiger partial charge in [0.25, 0.3) is 0 Å². The number of pyridine rings is 1. The van der Waals surface area contributed by atoms with Crippen LogP contribution in [0.4, 0.5) is 0 Å². The van der Waals surface area contributed by atoms with Gasteiger partial charge in [0, 0.05) is 42.1 Å². The number of hydrogen-bond donors (Lipinski definition) is 2. The number of carbonyl (C=O) groups is 2. The molecule has 1 saturated carbocycles. The van der Waals surface area contributed by atoms with Crippen LogP contribution in [0.2, 0.25) is 0 Å². The standard InChI is InChI=1S/C19H23N3O2S/c23-18(21-9-6-13-3-1-2-8-20-13)12-4-5-14-16(11-12)22-19(24)15-7-10-25-17(14)15/h1-3,7-8,10,12,14-17H,4-6,9,11H2,(H,21,23)(H,22,24). The van der Waals surface area contributed by atoms with E-state index in [2.05, 4.69) is 21.0 Å². The Morgan fingerprint density at radius 3 is 3.12 bits per heavy atom. The van der Waals surface area contributed by atoms with Crippen molar-refractivity contribution in [3.05, 3.63) is 41.6 Å². The SMILES string of the molecule is O=C(NCCc1ccccn1)C1CCC2C(C1)NC(=O)C1C=CSC12. The molecule has 3 heterocycles. The van der Waals surface area contributed by atoms with Crippen molar-refractivity contribution in [2.24, 2.45) is 17.8 Å². The monoisotopic (exact) mass is 357 g/mol. The fraction of sp³-hybridized carbons (Fsp3) is 0.526. The summed E-state index contributed by atoms with van der Waals surface area (Å²) in [7, 11) is 0. The van der Waals surface area contributed by atoms with E-state index in [-0.39, 0.29) is 29.7 Å². The summed E-state index contributed by atoms with van der Waals surface area (Å²) in [5, 5.41) is 8.64. The Bertz CT molecular complexity index is 679. The molecule has 1 aromatic rings. The maximum Gasteiger partial charge on any atom is 0.228 e. The number of nitrogens with one attached hydrogen (secondary N) is 2. The lowest BCUT2D eigenvalue weighted by molar-refractivity contribution is -0.131. The summed E-state index contributed by atoms with van der Waals surface area (Å²) in [6.07, 6.45) is 7.23. The van der Waals surface area contributed by atoms with E-state index in [9.17, 15) is 9.59 Å². The highest BCUT2D eigenvalue weighted by Gasteiger charge is 2.47. The third-order valence-electron chi connectivity index (χ3n) is 5.61. The van der Waals surface area contributed by atoms with Gasteiger partial charge in [0.2, 0.25) is 11.8 Å². The topological polar surface area (TPSA) is 71.1 Å². The summed E-state index contributed by atoms with van der Waals surface area (Å²) in [4.78, 5) is 29.0. The molecular weight excluding hydrogens is 334 g/mol. The molecule has 5 unspecified atom stereocenters. The highest BCUT2D eigenvalue weighted by molar-refractivity contribution is 8.03. The lowest BCUT2D eigenvalue weighted by Gasteiger charge is -2.44. The molecule has 4 rings (SSSR count). The molecule has 1 aliphatic carbocycles. The number of nitrogens with zero attached hydrogens (tertiary/aromatic N) is 1. The van der Waals surface area contributed by atoms with Crippen molar-refractivity contribution in [2.45, 2.75) is 37.0 Å². The molecule has 5 atom stereocenters. The summed E-state index contributed by atoms with van der Waals surface area (Å²) in [6, 6.07) is 5.96. The molecular formula is C19H23N3O2S. The summed E-state index contributed by atoms with van der Waals surface area (Å²) >= 11 is 1.79. The van der Waals surface area contributed by atoms with Crippen LogP contribution >= 0.6 is 11.8 Å². The number of hydrogen-bond acceptors (Lipinski definition) is 4. The Hall–Kier alpha value is -1.82. The zero-order valence-electron chi connectivity index (χ0n) is 14.1. The first-order valence-electron chi connectivity index (χ1n) is 9.02. The van der Waals surface area contributed by atoms with E-state index in [1.807, 2.05) is 24.3 Å². The van der Waals surface area contributed by atoms with Crippen LogP contribution in [0.3, 0.4) is 0 Å². The van der Waals surface area contributed by atoms with Gasteiger partial charge < -0.3 is 10.6 Å². The summed E-state index contributed by atoms with van der Waals surface area (Å²) in [5.41, 5.74) is 0.989. The number of thioether (sulfide) groups is 1. The summed E-state index contributed by atoms with van der Waals surface area (Å²) < 4.78 is 0. The predicted octanol–water partition coefficient (Wildman–Crippen LogP) is 1.90. The van der Waals surface area contributed by atoms with Gasteiger partial charge in [-0.3, -0.25) is 14.6 Å². The van der Waals surface area contributed by atoms with Gasteiger partial charge in [-0.05, 0) is 42.7 Å². The molecule has 5 nitrogen and oxygen atoms in total. The zero-order chi connectivity index (χ0) is 17.2. The van der Waals surface area contributed by atoms with Crippen LogP contribution in [0.5, 0.6) is 0 Å². The largest absolute Gasteiger partial charge is 0.355 e. The van der Waals surface area contributed by atoms with E-state index in [0.29, 0.717) is 17.7 Å². The number of aromatic nitrogens is 1. The Morgan fingerprint density at radius 2 is 2.28 bits per heavy atom. The van der Waals surface area contributed by atoms with Crippen LogP contribution in [0.1, 0.15) is 25.0 Å². The summed E-state index contributed by atoms with van der Waals surface area (Å²) in [5.74, 6) is 0.753. The number of rotatable bonds is 4. The van der Waals surface area contributed by atoms with Crippen molar-refractivity contribution in [1.29, 1.82) is 0 Å². The normalized spacial score (nSPS) is 33.3. The third kappa shape index (κ3) is 3.45. The van der Waals surface area contributed by atoms with Crippen LogP contribution in [0.15, 0.2) is 35.9 Å². The van der Waals surface area contributed by atoms with Crippen molar-refractivity contribution >= 4 is 23.6 Å². The first-order valence-corrected chi connectivity index (χ1v) is 9.97. The third-order valence-corrected chi connectivity index (χ3v) is 6.88. The zero-order valence-corrected chi connectivity index (χ0v) is 14.9. The Morgan fingerprint density at radius 1 is 1.36 bits per heavy atom. The van der Waals surface area contributed by atoms with Crippen molar-refractivity contribution in [2.75, 3.05) is 6.54 Å². The molecule has 0 aromatic carbocycles. The maximum absolute atomic E-state index is 12.5. The molecule has 2 fully saturated rings. The predicted molar refractivity (Wildman–Crippen MR) is 97.7 cm³/mol. The highest BCUT2D eigenvalue weighted by Crippen LogP contribution is 2.45. The van der Waals surface area contributed by atoms with Crippen molar-refractivity contribution in [3.63, 3.8) is 0 Å². The van der Waals surface area contributed by atoms with Crippen molar-refractivity contribution < 1.29 is 9.59 Å². The molecule has 2 aliphatic heterocycles. The van der Waals surface area contributed by atoms with E-state index in [1.54, 1.807) is 18.0 Å². The first kappa shape index (κ1) is 16.6. The number of carbonyl (C=O) groups excluding carboxylic acids is 2. The second-order valence-electron chi connectivity index (χ2n) is 7.11. The second kappa shape index (κ2) is 7.20. The fourth-order valence-corrected chi connectivity index (χ4v) is 5.65. The smallest absolute Gasteiger partial charge is 0.228 e. The highest BCUT2D eigenvalue weighted by atomic mass is 32.2. The Labute approximate surface area is 152 Å². The number of amides is 2. The Balaban J connectivity index is 1.30. The van der Waals surface area contributed by atoms with Gasteiger partial charge in [0.15, 0.2) is 0 Å². The Kier molecular flexibility index (Phi) is 4.79. The molecule has 0 radical (unpaired) electrons. The van der Waals surface area contributed by atoms with E-state index in [0.717, 1.165) is 31.4 Å². The molecule has 2 amide bonds. The molecule has 132 valence electrons. The summed E-state index contributed by atoms with van der Waals surface area (Å²) in [6.45, 7) is 0.608. The lowest BCUT2D eigenvalue weighted by Crippen LogP contribution is -2.57. The van der Waals surface area contributed by atoms with Gasteiger partial charge in [0.05, 0.1) is 5.92 Å². The molecule has 6 heteroatoms. The minimum absolute atomic E-state index is 0.00111. The van der Waals surface area contributed by atoms with Gasteiger partial charge in [-0.1, -0.05) is 12.1 Å². The van der Waals surface area contributed by atoms with E-state index < -0.39 is 0 Å². The number of fused-ring (bicyclic) bond motifs is 3. The van der Waals surface area contributed by atoms with E-state index in [1.165, 1.54) is 0 Å². The first-order chi connectivity index (χ1) is 12.2. The lowest BCUT2D eigenvalue weighted by atomic mass is 9.71. The molecule has 0 bridgehead atoms. The minimum Gasteiger partial charge on any atom is -0.355 e. The van der Waals surface area contributed by atoms with Gasteiger partial charge in [-0.25, -0.2) is 0 Å². The molecule has 1 saturated heterocycles. The quantitative estimate of drug-likeness (QED) is 0.863. The van der Waals surface area contributed by atoms with E-state index in [4.69, 9.17) is 0 Å². The van der Waals surface area contributed by atoms with Gasteiger partial charge in [0.1, 0.15) is 0 Å². The second-order valence-corrected chi connectivity index (χ2v) is 8.19. The van der Waals surface area contributed by atoms with Gasteiger partial charge in [-0.15, -0.1) is 11.8 Å². The number of piperidine rings is 1. The average Bonchev–Trinajstić information content (AvgIpc) is 3.13. The molecule has 1 aromatic heterocycles. The maximum atomic E-state index is 12.5. The van der Waals surface area contributed by atoms with Gasteiger partial charge >= 0.3 is 0 Å². The van der Waals surface area contributed by atoms with Crippen LogP contribution in [0.25, 0.3) is 0 Å². The van der Waals surface area contributed by atoms with E-state index >= 15 is 0 Å². The van der Waals surface area contributed by atoms with Crippen LogP contribution in [-0.4, -0.2) is 34.6 Å². The average molecular weight is 357 g/mol. The van der Waals surface area contributed by atoms with Crippen molar-refractivity contribution in [3.8, 4) is 0 Å². The molecule has 0 spiro atoms. The van der Waals surface area contributed by atoms with Gasteiger partial charge in [-0.2, -0.15) is 0 Å². The molecule has 3 aliphatic rings. The van der Waals surface area contributed by atoms with Crippen LogP contribution < -0.4 is 10.6 Å². The minimum atomic E-state index is 0.00111. The van der Waals surface area contributed by atoms with Crippen molar-refractivity contribution in [1.82, 2.24) is 15.6 Å². The fourth-order valence-electron chi connectivity index (χ4n) is 4.29.